The van der Waals surface area contributed by atoms with Gasteiger partial charge in [-0.2, -0.15) is 18.2 Å². The molecular weight excluding hydrogens is 531 g/mol. The minimum atomic E-state index is -4.21. The van der Waals surface area contributed by atoms with Gasteiger partial charge < -0.3 is 5.32 Å². The van der Waals surface area contributed by atoms with Gasteiger partial charge >= 0.3 is 6.18 Å². The Labute approximate surface area is 237 Å². The van der Waals surface area contributed by atoms with Gasteiger partial charge in [-0.15, -0.1) is 0 Å². The van der Waals surface area contributed by atoms with Crippen LogP contribution in [0.1, 0.15) is 64.4 Å². The van der Waals surface area contributed by atoms with Crippen LogP contribution in [0.4, 0.5) is 24.8 Å². The summed E-state index contributed by atoms with van der Waals surface area (Å²) in [5.41, 5.74) is 4.59. The SMILES string of the molecule is CC(C)n1c(=O)c2cnc(Nc3ccc4c(c3)CN(CC(C)C(F)(F)F)CC4)nc2n1-c1ccnc(C(C)(C)C)c1. The first-order valence-electron chi connectivity index (χ1n) is 13.9. The Morgan fingerprint density at radius 2 is 1.78 bits per heavy atom. The van der Waals surface area contributed by atoms with Crippen molar-refractivity contribution in [2.75, 3.05) is 18.4 Å². The molecule has 1 atom stereocenters. The number of alkyl halides is 3. The van der Waals surface area contributed by atoms with E-state index in [-0.39, 0.29) is 23.6 Å². The third-order valence-corrected chi connectivity index (χ3v) is 7.51. The van der Waals surface area contributed by atoms with Gasteiger partial charge in [0.1, 0.15) is 5.39 Å². The van der Waals surface area contributed by atoms with Crippen molar-refractivity contribution in [1.82, 2.24) is 29.2 Å². The maximum atomic E-state index is 13.4. The van der Waals surface area contributed by atoms with Crippen molar-refractivity contribution in [3.63, 3.8) is 0 Å². The van der Waals surface area contributed by atoms with E-state index in [4.69, 9.17) is 4.98 Å². The molecule has 0 fully saturated rings. The fourth-order valence-corrected chi connectivity index (χ4v) is 5.20. The van der Waals surface area contributed by atoms with E-state index >= 15 is 0 Å². The Morgan fingerprint density at radius 3 is 2.46 bits per heavy atom. The Hall–Kier alpha value is -3.73. The number of rotatable bonds is 6. The second kappa shape index (κ2) is 10.6. The number of aromatic nitrogens is 5. The van der Waals surface area contributed by atoms with Crippen LogP contribution in [0.25, 0.3) is 16.7 Å². The van der Waals surface area contributed by atoms with Gasteiger partial charge in [0.25, 0.3) is 5.56 Å². The molecule has 0 spiro atoms. The van der Waals surface area contributed by atoms with Gasteiger partial charge in [-0.3, -0.25) is 14.7 Å². The number of hydrogen-bond acceptors (Lipinski definition) is 6. The highest BCUT2D eigenvalue weighted by Crippen LogP contribution is 2.30. The molecule has 0 aliphatic carbocycles. The molecule has 1 aliphatic rings. The fourth-order valence-electron chi connectivity index (χ4n) is 5.20. The van der Waals surface area contributed by atoms with Crippen LogP contribution >= 0.6 is 0 Å². The highest BCUT2D eigenvalue weighted by molar-refractivity contribution is 5.77. The molecule has 0 bridgehead atoms. The summed E-state index contributed by atoms with van der Waals surface area (Å²) in [5, 5.41) is 3.64. The predicted octanol–water partition coefficient (Wildman–Crippen LogP) is 6.16. The summed E-state index contributed by atoms with van der Waals surface area (Å²) in [4.78, 5) is 29.0. The minimum absolute atomic E-state index is 0.0311. The van der Waals surface area contributed by atoms with Crippen molar-refractivity contribution in [3.05, 3.63) is 69.9 Å². The largest absolute Gasteiger partial charge is 0.392 e. The lowest BCUT2D eigenvalue weighted by atomic mass is 9.91. The van der Waals surface area contributed by atoms with E-state index < -0.39 is 12.1 Å². The topological polar surface area (TPSA) is 80.9 Å². The molecule has 41 heavy (non-hydrogen) atoms. The fraction of sp³-hybridized carbons (Fsp3) is 0.467. The van der Waals surface area contributed by atoms with Crippen LogP contribution in [-0.4, -0.2) is 48.5 Å². The highest BCUT2D eigenvalue weighted by Gasteiger charge is 2.37. The Morgan fingerprint density at radius 1 is 1.02 bits per heavy atom. The Kier molecular flexibility index (Phi) is 7.44. The summed E-state index contributed by atoms with van der Waals surface area (Å²) < 4.78 is 42.8. The van der Waals surface area contributed by atoms with Crippen molar-refractivity contribution in [3.8, 4) is 5.69 Å². The molecule has 0 radical (unpaired) electrons. The van der Waals surface area contributed by atoms with Crippen LogP contribution in [0.15, 0.2) is 47.5 Å². The van der Waals surface area contributed by atoms with E-state index in [2.05, 4.69) is 36.1 Å². The molecule has 3 aromatic heterocycles. The van der Waals surface area contributed by atoms with Gasteiger partial charge in [0.05, 0.1) is 11.6 Å². The predicted molar refractivity (Wildman–Crippen MR) is 154 cm³/mol. The summed E-state index contributed by atoms with van der Waals surface area (Å²) in [6.45, 7) is 12.4. The number of nitrogens with zero attached hydrogens (tertiary/aromatic N) is 6. The molecule has 0 saturated carbocycles. The third-order valence-electron chi connectivity index (χ3n) is 7.51. The minimum Gasteiger partial charge on any atom is -0.324 e. The van der Waals surface area contributed by atoms with Gasteiger partial charge in [0, 0.05) is 54.9 Å². The summed E-state index contributed by atoms with van der Waals surface area (Å²) in [6.07, 6.45) is -0.240. The molecule has 8 nitrogen and oxygen atoms in total. The van der Waals surface area contributed by atoms with E-state index in [0.29, 0.717) is 36.5 Å². The van der Waals surface area contributed by atoms with Crippen molar-refractivity contribution in [1.29, 1.82) is 0 Å². The molecule has 1 N–H and O–H groups in total. The van der Waals surface area contributed by atoms with E-state index in [1.54, 1.807) is 10.9 Å². The molecule has 1 unspecified atom stereocenters. The van der Waals surface area contributed by atoms with E-state index in [1.807, 2.05) is 53.8 Å². The second-order valence-corrected chi connectivity index (χ2v) is 12.2. The third kappa shape index (κ3) is 5.86. The molecule has 1 aliphatic heterocycles. The zero-order chi connectivity index (χ0) is 29.7. The van der Waals surface area contributed by atoms with Crippen LogP contribution < -0.4 is 10.9 Å². The summed E-state index contributed by atoms with van der Waals surface area (Å²) in [6, 6.07) is 9.56. The first-order valence-corrected chi connectivity index (χ1v) is 13.9. The summed E-state index contributed by atoms with van der Waals surface area (Å²) in [7, 11) is 0. The van der Waals surface area contributed by atoms with Crippen LogP contribution in [0.2, 0.25) is 0 Å². The van der Waals surface area contributed by atoms with Gasteiger partial charge in [-0.1, -0.05) is 33.8 Å². The average molecular weight is 568 g/mol. The first kappa shape index (κ1) is 28.8. The summed E-state index contributed by atoms with van der Waals surface area (Å²) in [5.74, 6) is -1.07. The molecule has 4 aromatic rings. The number of fused-ring (bicyclic) bond motifs is 2. The molecule has 11 heteroatoms. The molecule has 218 valence electrons. The number of benzene rings is 1. The Balaban J connectivity index is 1.49. The van der Waals surface area contributed by atoms with E-state index in [1.165, 1.54) is 13.1 Å². The number of pyridine rings is 1. The lowest BCUT2D eigenvalue weighted by Gasteiger charge is -2.31. The van der Waals surface area contributed by atoms with Crippen LogP contribution in [0, 0.1) is 5.92 Å². The maximum Gasteiger partial charge on any atom is 0.392 e. The first-order chi connectivity index (χ1) is 19.2. The molecule has 0 saturated heterocycles. The van der Waals surface area contributed by atoms with Crippen LogP contribution in [-0.2, 0) is 18.4 Å². The lowest BCUT2D eigenvalue weighted by Crippen LogP contribution is -2.38. The molecule has 1 aromatic carbocycles. The van der Waals surface area contributed by atoms with E-state index in [9.17, 15) is 18.0 Å². The number of anilines is 2. The zero-order valence-electron chi connectivity index (χ0n) is 24.3. The summed E-state index contributed by atoms with van der Waals surface area (Å²) >= 11 is 0. The monoisotopic (exact) mass is 567 g/mol. The van der Waals surface area contributed by atoms with Gasteiger partial charge in [-0.05, 0) is 55.7 Å². The van der Waals surface area contributed by atoms with Crippen molar-refractivity contribution in [2.45, 2.75) is 72.1 Å². The van der Waals surface area contributed by atoms with Gasteiger partial charge in [-0.25, -0.2) is 14.3 Å². The maximum absolute atomic E-state index is 13.4. The second-order valence-electron chi connectivity index (χ2n) is 12.2. The molecule has 0 amide bonds. The quantitative estimate of drug-likeness (QED) is 0.301. The van der Waals surface area contributed by atoms with E-state index in [0.717, 1.165) is 28.2 Å². The lowest BCUT2D eigenvalue weighted by molar-refractivity contribution is -0.174. The Bertz CT molecular complexity index is 1630. The molecular formula is C30H36F3N7O. The normalized spacial score (nSPS) is 15.4. The van der Waals surface area contributed by atoms with Crippen molar-refractivity contribution in [2.24, 2.45) is 5.92 Å². The smallest absolute Gasteiger partial charge is 0.324 e. The van der Waals surface area contributed by atoms with Crippen LogP contribution in [0.3, 0.4) is 0 Å². The standard InChI is InChI=1S/C30H36F3N7O/c1-18(2)39-27(41)24-15-35-28(37-26(24)40(39)23-9-11-34-25(14-23)29(4,5)6)36-22-8-7-20-10-12-38(17-21(20)13-22)16-19(3)30(31,32)33/h7-9,11,13-15,18-19H,10,12,16-17H2,1-6H3,(H,35,36,37). The average Bonchev–Trinajstić information content (AvgIpc) is 3.19. The number of halogens is 3. The molecule has 4 heterocycles. The van der Waals surface area contributed by atoms with Gasteiger partial charge in [0.15, 0.2) is 5.65 Å². The van der Waals surface area contributed by atoms with Crippen LogP contribution in [0.5, 0.6) is 0 Å². The highest BCUT2D eigenvalue weighted by atomic mass is 19.4. The van der Waals surface area contributed by atoms with Crippen molar-refractivity contribution >= 4 is 22.7 Å². The number of hydrogen-bond donors (Lipinski definition) is 1. The van der Waals surface area contributed by atoms with Gasteiger partial charge in [0.2, 0.25) is 5.95 Å². The number of nitrogens with one attached hydrogen (secondary N) is 1. The molecule has 5 rings (SSSR count). The zero-order valence-corrected chi connectivity index (χ0v) is 24.3. The van der Waals surface area contributed by atoms with Crippen molar-refractivity contribution < 1.29 is 13.2 Å².